The number of carbonyl (C=O) groups excluding carboxylic acids is 1. The minimum Gasteiger partial charge on any atom is -0.396 e. The number of carbonyl (C=O) groups is 1. The van der Waals surface area contributed by atoms with Crippen LogP contribution in [0.15, 0.2) is 18.3 Å². The van der Waals surface area contributed by atoms with E-state index in [0.29, 0.717) is 12.1 Å². The molecule has 0 amide bonds. The van der Waals surface area contributed by atoms with Crippen LogP contribution in [0.2, 0.25) is 0 Å². The zero-order valence-corrected chi connectivity index (χ0v) is 7.08. The van der Waals surface area contributed by atoms with Gasteiger partial charge in [-0.2, -0.15) is 0 Å². The lowest BCUT2D eigenvalue weighted by Crippen LogP contribution is -2.17. The zero-order chi connectivity index (χ0) is 8.97. The molecule has 3 heteroatoms. The maximum absolute atomic E-state index is 11.5. The van der Waals surface area contributed by atoms with E-state index in [1.807, 2.05) is 6.92 Å². The highest BCUT2D eigenvalue weighted by Gasteiger charge is 2.17. The fraction of sp³-hybridized carbons (Fsp3) is 0.444. The lowest BCUT2D eigenvalue weighted by Gasteiger charge is -2.07. The number of ketones is 1. The van der Waals surface area contributed by atoms with Crippen molar-refractivity contribution in [1.29, 1.82) is 0 Å². The fourth-order valence-corrected chi connectivity index (χ4v) is 1.10. The Morgan fingerprint density at radius 2 is 2.50 bits per heavy atom. The Labute approximate surface area is 71.4 Å². The number of H-pyrrole nitrogens is 1. The Bertz CT molecular complexity index is 237. The van der Waals surface area contributed by atoms with E-state index in [0.717, 1.165) is 0 Å². The van der Waals surface area contributed by atoms with E-state index in [4.69, 9.17) is 5.11 Å². The second-order valence-electron chi connectivity index (χ2n) is 2.74. The van der Waals surface area contributed by atoms with Crippen molar-refractivity contribution in [3.8, 4) is 0 Å². The summed E-state index contributed by atoms with van der Waals surface area (Å²) in [4.78, 5) is 14.3. The number of Topliss-reactive ketones (excluding diaryl/α,β-unsaturated/α-hetero) is 1. The largest absolute Gasteiger partial charge is 0.396 e. The third kappa shape index (κ3) is 1.74. The summed E-state index contributed by atoms with van der Waals surface area (Å²) >= 11 is 0. The topological polar surface area (TPSA) is 53.1 Å². The summed E-state index contributed by atoms with van der Waals surface area (Å²) in [6.07, 6.45) is 2.38. The maximum Gasteiger partial charge on any atom is 0.184 e. The summed E-state index contributed by atoms with van der Waals surface area (Å²) in [5.41, 5.74) is 0.580. The lowest BCUT2D eigenvalue weighted by atomic mass is 10.0. The molecule has 1 aromatic heterocycles. The number of aliphatic hydroxyl groups is 1. The van der Waals surface area contributed by atoms with Crippen molar-refractivity contribution in [1.82, 2.24) is 4.98 Å². The average molecular weight is 167 g/mol. The SMILES string of the molecule is CCC(CO)C(=O)c1ccc[nH]1. The third-order valence-corrected chi connectivity index (χ3v) is 1.95. The number of hydrogen-bond donors (Lipinski definition) is 2. The van der Waals surface area contributed by atoms with E-state index in [2.05, 4.69) is 4.98 Å². The molecule has 0 aliphatic carbocycles. The van der Waals surface area contributed by atoms with Crippen molar-refractivity contribution in [2.24, 2.45) is 5.92 Å². The monoisotopic (exact) mass is 167 g/mol. The molecule has 0 bridgehead atoms. The first-order valence-electron chi connectivity index (χ1n) is 4.08. The van der Waals surface area contributed by atoms with Gasteiger partial charge in [0.1, 0.15) is 0 Å². The zero-order valence-electron chi connectivity index (χ0n) is 7.08. The van der Waals surface area contributed by atoms with Crippen molar-refractivity contribution >= 4 is 5.78 Å². The standard InChI is InChI=1S/C9H13NO2/c1-2-7(6-11)9(12)8-4-3-5-10-8/h3-5,7,10-11H,2,6H2,1H3. The van der Waals surface area contributed by atoms with Gasteiger partial charge in [-0.3, -0.25) is 4.79 Å². The Morgan fingerprint density at radius 3 is 2.92 bits per heavy atom. The van der Waals surface area contributed by atoms with Gasteiger partial charge in [0.05, 0.1) is 12.3 Å². The van der Waals surface area contributed by atoms with Gasteiger partial charge in [-0.25, -0.2) is 0 Å². The van der Waals surface area contributed by atoms with Crippen LogP contribution in [-0.4, -0.2) is 22.5 Å². The molecule has 12 heavy (non-hydrogen) atoms. The van der Waals surface area contributed by atoms with Gasteiger partial charge in [0, 0.05) is 12.1 Å². The van der Waals surface area contributed by atoms with Crippen LogP contribution in [0.1, 0.15) is 23.8 Å². The van der Waals surface area contributed by atoms with E-state index in [1.165, 1.54) is 0 Å². The molecule has 0 saturated heterocycles. The normalized spacial score (nSPS) is 12.8. The first kappa shape index (κ1) is 9.00. The Balaban J connectivity index is 2.70. The van der Waals surface area contributed by atoms with Gasteiger partial charge in [-0.1, -0.05) is 6.92 Å². The van der Waals surface area contributed by atoms with Crippen LogP contribution in [0.5, 0.6) is 0 Å². The third-order valence-electron chi connectivity index (χ3n) is 1.95. The van der Waals surface area contributed by atoms with Gasteiger partial charge in [-0.05, 0) is 18.6 Å². The number of nitrogens with one attached hydrogen (secondary N) is 1. The van der Waals surface area contributed by atoms with E-state index >= 15 is 0 Å². The second kappa shape index (κ2) is 4.07. The van der Waals surface area contributed by atoms with Crippen molar-refractivity contribution in [3.05, 3.63) is 24.0 Å². The molecule has 66 valence electrons. The summed E-state index contributed by atoms with van der Waals surface area (Å²) < 4.78 is 0. The molecule has 1 unspecified atom stereocenters. The molecule has 1 rings (SSSR count). The summed E-state index contributed by atoms with van der Waals surface area (Å²) in [5, 5.41) is 8.86. The number of aromatic amines is 1. The smallest absolute Gasteiger partial charge is 0.184 e. The van der Waals surface area contributed by atoms with E-state index in [-0.39, 0.29) is 18.3 Å². The average Bonchev–Trinajstić information content (AvgIpc) is 2.58. The van der Waals surface area contributed by atoms with Crippen LogP contribution in [0, 0.1) is 5.92 Å². The lowest BCUT2D eigenvalue weighted by molar-refractivity contribution is 0.0852. The molecule has 1 heterocycles. The number of aromatic nitrogens is 1. The summed E-state index contributed by atoms with van der Waals surface area (Å²) in [7, 11) is 0. The number of hydrogen-bond acceptors (Lipinski definition) is 2. The molecular weight excluding hydrogens is 154 g/mol. The van der Waals surface area contributed by atoms with Crippen LogP contribution < -0.4 is 0 Å². The number of aliphatic hydroxyl groups excluding tert-OH is 1. The van der Waals surface area contributed by atoms with E-state index in [1.54, 1.807) is 18.3 Å². The van der Waals surface area contributed by atoms with Gasteiger partial charge in [0.2, 0.25) is 0 Å². The molecule has 0 aliphatic heterocycles. The van der Waals surface area contributed by atoms with Gasteiger partial charge >= 0.3 is 0 Å². The molecule has 1 atom stereocenters. The molecule has 0 aliphatic rings. The maximum atomic E-state index is 11.5. The van der Waals surface area contributed by atoms with Crippen LogP contribution in [0.3, 0.4) is 0 Å². The van der Waals surface area contributed by atoms with Crippen LogP contribution in [0.4, 0.5) is 0 Å². The molecule has 2 N–H and O–H groups in total. The molecule has 0 aromatic carbocycles. The van der Waals surface area contributed by atoms with Crippen molar-refractivity contribution in [2.75, 3.05) is 6.61 Å². The molecular formula is C9H13NO2. The quantitative estimate of drug-likeness (QED) is 0.662. The Morgan fingerprint density at radius 1 is 1.75 bits per heavy atom. The second-order valence-corrected chi connectivity index (χ2v) is 2.74. The van der Waals surface area contributed by atoms with Crippen molar-refractivity contribution in [2.45, 2.75) is 13.3 Å². The minimum atomic E-state index is -0.261. The summed E-state index contributed by atoms with van der Waals surface area (Å²) in [5.74, 6) is -0.270. The Kier molecular flexibility index (Phi) is 3.05. The number of rotatable bonds is 4. The van der Waals surface area contributed by atoms with Crippen molar-refractivity contribution < 1.29 is 9.90 Å². The van der Waals surface area contributed by atoms with Crippen LogP contribution in [-0.2, 0) is 0 Å². The molecule has 0 radical (unpaired) electrons. The first-order valence-corrected chi connectivity index (χ1v) is 4.08. The van der Waals surface area contributed by atoms with E-state index < -0.39 is 0 Å². The Hall–Kier alpha value is -1.09. The predicted octanol–water partition coefficient (Wildman–Crippen LogP) is 1.22. The van der Waals surface area contributed by atoms with Gasteiger partial charge in [-0.15, -0.1) is 0 Å². The highest BCUT2D eigenvalue weighted by molar-refractivity contribution is 5.96. The van der Waals surface area contributed by atoms with Crippen LogP contribution in [0.25, 0.3) is 0 Å². The first-order chi connectivity index (χ1) is 5.79. The summed E-state index contributed by atoms with van der Waals surface area (Å²) in [6.45, 7) is 1.82. The predicted molar refractivity (Wildman–Crippen MR) is 46.0 cm³/mol. The van der Waals surface area contributed by atoms with Crippen LogP contribution >= 0.6 is 0 Å². The van der Waals surface area contributed by atoms with Gasteiger partial charge in [0.25, 0.3) is 0 Å². The highest BCUT2D eigenvalue weighted by Crippen LogP contribution is 2.09. The minimum absolute atomic E-state index is 0.00926. The molecule has 3 nitrogen and oxygen atoms in total. The van der Waals surface area contributed by atoms with E-state index in [9.17, 15) is 4.79 Å². The highest BCUT2D eigenvalue weighted by atomic mass is 16.3. The van der Waals surface area contributed by atoms with Crippen molar-refractivity contribution in [3.63, 3.8) is 0 Å². The van der Waals surface area contributed by atoms with Gasteiger partial charge < -0.3 is 10.1 Å². The molecule has 0 fully saturated rings. The molecule has 0 saturated carbocycles. The van der Waals surface area contributed by atoms with Gasteiger partial charge in [0.15, 0.2) is 5.78 Å². The fourth-order valence-electron chi connectivity index (χ4n) is 1.10. The summed E-state index contributed by atoms with van der Waals surface area (Å²) in [6, 6.07) is 3.50. The molecule has 1 aromatic rings. The molecule has 0 spiro atoms.